The van der Waals surface area contributed by atoms with E-state index in [9.17, 15) is 4.79 Å². The molecule has 0 N–H and O–H groups in total. The van der Waals surface area contributed by atoms with Crippen LogP contribution in [0.5, 0.6) is 0 Å². The first kappa shape index (κ1) is 16.0. The fourth-order valence-electron chi connectivity index (χ4n) is 2.96. The van der Waals surface area contributed by atoms with Gasteiger partial charge in [0.1, 0.15) is 0 Å². The molecule has 1 heterocycles. The van der Waals surface area contributed by atoms with Crippen molar-refractivity contribution in [1.29, 1.82) is 0 Å². The fourth-order valence-corrected chi connectivity index (χ4v) is 2.96. The van der Waals surface area contributed by atoms with Crippen LogP contribution in [-0.2, 0) is 16.1 Å². The average Bonchev–Trinajstić information content (AvgIpc) is 2.40. The zero-order valence-electron chi connectivity index (χ0n) is 13.5. The van der Waals surface area contributed by atoms with Crippen molar-refractivity contribution >= 4 is 5.97 Å². The highest BCUT2D eigenvalue weighted by atomic mass is 16.5. The summed E-state index contributed by atoms with van der Waals surface area (Å²) in [7, 11) is 0. The van der Waals surface area contributed by atoms with Crippen LogP contribution >= 0.6 is 0 Å². The number of carbonyl (C=O) groups is 1. The van der Waals surface area contributed by atoms with Gasteiger partial charge in [-0.05, 0) is 58.2 Å². The molecule has 0 atom stereocenters. The van der Waals surface area contributed by atoms with Crippen LogP contribution in [0.15, 0.2) is 24.3 Å². The Morgan fingerprint density at radius 2 is 2.05 bits per heavy atom. The number of rotatable bonds is 5. The Labute approximate surface area is 128 Å². The first-order valence-corrected chi connectivity index (χ1v) is 8.00. The quantitative estimate of drug-likeness (QED) is 0.776. The van der Waals surface area contributed by atoms with Gasteiger partial charge in [-0.3, -0.25) is 9.69 Å². The number of hydrogen-bond acceptors (Lipinski definition) is 3. The van der Waals surface area contributed by atoms with Gasteiger partial charge in [0.2, 0.25) is 0 Å². The zero-order chi connectivity index (χ0) is 15.2. The molecule has 0 bridgehead atoms. The minimum absolute atomic E-state index is 0.00101. The second-order valence-electron chi connectivity index (χ2n) is 6.45. The maximum absolute atomic E-state index is 11.7. The summed E-state index contributed by atoms with van der Waals surface area (Å²) in [5.74, 6) is 0.451. The molecule has 1 aliphatic rings. The van der Waals surface area contributed by atoms with Crippen molar-refractivity contribution in [1.82, 2.24) is 4.90 Å². The molecule has 1 aromatic carbocycles. The van der Waals surface area contributed by atoms with E-state index in [-0.39, 0.29) is 12.1 Å². The van der Waals surface area contributed by atoms with Crippen molar-refractivity contribution in [2.75, 3.05) is 13.1 Å². The van der Waals surface area contributed by atoms with Gasteiger partial charge >= 0.3 is 5.97 Å². The molecule has 116 valence electrons. The Morgan fingerprint density at radius 3 is 2.67 bits per heavy atom. The van der Waals surface area contributed by atoms with Crippen molar-refractivity contribution < 1.29 is 9.53 Å². The van der Waals surface area contributed by atoms with Gasteiger partial charge in [-0.1, -0.05) is 29.8 Å². The molecular formula is C18H27NO2. The number of nitrogens with zero attached hydrogens (tertiary/aromatic N) is 1. The lowest BCUT2D eigenvalue weighted by Crippen LogP contribution is -2.34. The SMILES string of the molecule is Cc1cccc(CN2CCC(CC(=O)OC(C)C)CC2)c1. The van der Waals surface area contributed by atoms with Crippen LogP contribution in [0, 0.1) is 12.8 Å². The maximum atomic E-state index is 11.7. The molecule has 0 aliphatic carbocycles. The first-order valence-electron chi connectivity index (χ1n) is 8.00. The van der Waals surface area contributed by atoms with Crippen LogP contribution in [0.4, 0.5) is 0 Å². The van der Waals surface area contributed by atoms with E-state index >= 15 is 0 Å². The minimum atomic E-state index is -0.0397. The number of likely N-dealkylation sites (tertiary alicyclic amines) is 1. The van der Waals surface area contributed by atoms with Crippen molar-refractivity contribution in [3.63, 3.8) is 0 Å². The minimum Gasteiger partial charge on any atom is -0.463 e. The van der Waals surface area contributed by atoms with Crippen LogP contribution in [0.2, 0.25) is 0 Å². The molecule has 21 heavy (non-hydrogen) atoms. The third kappa shape index (κ3) is 5.50. The molecule has 0 unspecified atom stereocenters. The van der Waals surface area contributed by atoms with E-state index in [1.807, 2.05) is 13.8 Å². The number of hydrogen-bond donors (Lipinski definition) is 0. The Morgan fingerprint density at radius 1 is 1.33 bits per heavy atom. The Bertz CT molecular complexity index is 462. The fraction of sp³-hybridized carbons (Fsp3) is 0.611. The highest BCUT2D eigenvalue weighted by molar-refractivity contribution is 5.69. The van der Waals surface area contributed by atoms with Gasteiger partial charge < -0.3 is 4.74 Å². The summed E-state index contributed by atoms with van der Waals surface area (Å²) < 4.78 is 5.24. The van der Waals surface area contributed by atoms with E-state index < -0.39 is 0 Å². The Hall–Kier alpha value is -1.35. The highest BCUT2D eigenvalue weighted by Gasteiger charge is 2.22. The summed E-state index contributed by atoms with van der Waals surface area (Å²) in [6, 6.07) is 8.71. The normalized spacial score (nSPS) is 17.1. The lowest BCUT2D eigenvalue weighted by Gasteiger charge is -2.31. The molecule has 0 amide bonds. The molecule has 3 nitrogen and oxygen atoms in total. The van der Waals surface area contributed by atoms with Crippen molar-refractivity contribution in [2.45, 2.75) is 52.7 Å². The molecule has 0 saturated carbocycles. The van der Waals surface area contributed by atoms with Crippen molar-refractivity contribution in [2.24, 2.45) is 5.92 Å². The highest BCUT2D eigenvalue weighted by Crippen LogP contribution is 2.22. The van der Waals surface area contributed by atoms with E-state index in [2.05, 4.69) is 36.1 Å². The zero-order valence-corrected chi connectivity index (χ0v) is 13.5. The van der Waals surface area contributed by atoms with E-state index in [4.69, 9.17) is 4.74 Å². The van der Waals surface area contributed by atoms with Gasteiger partial charge in [-0.15, -0.1) is 0 Å². The number of esters is 1. The van der Waals surface area contributed by atoms with E-state index in [1.54, 1.807) is 0 Å². The molecule has 1 saturated heterocycles. The van der Waals surface area contributed by atoms with E-state index in [0.29, 0.717) is 12.3 Å². The summed E-state index contributed by atoms with van der Waals surface area (Å²) >= 11 is 0. The number of aryl methyl sites for hydroxylation is 1. The Balaban J connectivity index is 1.74. The molecule has 0 radical (unpaired) electrons. The van der Waals surface area contributed by atoms with E-state index in [1.165, 1.54) is 11.1 Å². The summed E-state index contributed by atoms with van der Waals surface area (Å²) in [4.78, 5) is 14.2. The van der Waals surface area contributed by atoms with Crippen LogP contribution in [-0.4, -0.2) is 30.1 Å². The molecule has 0 spiro atoms. The maximum Gasteiger partial charge on any atom is 0.306 e. The predicted octanol–water partition coefficient (Wildman–Crippen LogP) is 3.55. The number of ether oxygens (including phenoxy) is 1. The molecular weight excluding hydrogens is 262 g/mol. The standard InChI is InChI=1S/C18H27NO2/c1-14(2)21-18(20)12-16-7-9-19(10-8-16)13-17-6-4-5-15(3)11-17/h4-6,11,14,16H,7-10,12-13H2,1-3H3. The lowest BCUT2D eigenvalue weighted by atomic mass is 9.93. The second-order valence-corrected chi connectivity index (χ2v) is 6.45. The van der Waals surface area contributed by atoms with Gasteiger partial charge in [0.05, 0.1) is 6.10 Å². The lowest BCUT2D eigenvalue weighted by molar-refractivity contribution is -0.148. The molecule has 2 rings (SSSR count). The summed E-state index contributed by atoms with van der Waals surface area (Å²) in [5.41, 5.74) is 2.70. The molecule has 1 fully saturated rings. The summed E-state index contributed by atoms with van der Waals surface area (Å²) in [5, 5.41) is 0. The molecule has 1 aromatic rings. The van der Waals surface area contributed by atoms with Crippen molar-refractivity contribution in [3.8, 4) is 0 Å². The molecule has 0 aromatic heterocycles. The van der Waals surface area contributed by atoms with Crippen LogP contribution in [0.3, 0.4) is 0 Å². The van der Waals surface area contributed by atoms with Gasteiger partial charge in [-0.2, -0.15) is 0 Å². The second kappa shape index (κ2) is 7.60. The Kier molecular flexibility index (Phi) is 5.80. The third-order valence-electron chi connectivity index (χ3n) is 4.02. The summed E-state index contributed by atoms with van der Waals surface area (Å²) in [6.45, 7) is 9.12. The first-order chi connectivity index (χ1) is 10.0. The number of piperidine rings is 1. The topological polar surface area (TPSA) is 29.5 Å². The molecule has 3 heteroatoms. The largest absolute Gasteiger partial charge is 0.463 e. The van der Waals surface area contributed by atoms with Gasteiger partial charge in [-0.25, -0.2) is 0 Å². The van der Waals surface area contributed by atoms with Gasteiger partial charge in [0, 0.05) is 13.0 Å². The number of benzene rings is 1. The van der Waals surface area contributed by atoms with Crippen LogP contribution in [0.1, 0.15) is 44.2 Å². The summed E-state index contributed by atoms with van der Waals surface area (Å²) in [6.07, 6.45) is 2.77. The third-order valence-corrected chi connectivity index (χ3v) is 4.02. The van der Waals surface area contributed by atoms with Crippen LogP contribution in [0.25, 0.3) is 0 Å². The smallest absolute Gasteiger partial charge is 0.306 e. The average molecular weight is 289 g/mol. The van der Waals surface area contributed by atoms with E-state index in [0.717, 1.165) is 32.5 Å². The monoisotopic (exact) mass is 289 g/mol. The molecule has 1 aliphatic heterocycles. The van der Waals surface area contributed by atoms with Gasteiger partial charge in [0.25, 0.3) is 0 Å². The van der Waals surface area contributed by atoms with Crippen molar-refractivity contribution in [3.05, 3.63) is 35.4 Å². The predicted molar refractivity (Wildman–Crippen MR) is 85.0 cm³/mol. The number of carbonyl (C=O) groups excluding carboxylic acids is 1. The van der Waals surface area contributed by atoms with Gasteiger partial charge in [0.15, 0.2) is 0 Å². The van der Waals surface area contributed by atoms with Crippen LogP contribution < -0.4 is 0 Å².